The number of carbonyl (C=O) groups excluding carboxylic acids is 2. The van der Waals surface area contributed by atoms with E-state index in [9.17, 15) is 0 Å². The predicted octanol–water partition coefficient (Wildman–Crippen LogP) is 4.13. The number of nitrogens with two attached hydrogens (primary N) is 3. The van der Waals surface area contributed by atoms with Crippen molar-refractivity contribution in [2.24, 2.45) is 29.0 Å². The molecule has 2 aromatic rings. The van der Waals surface area contributed by atoms with Crippen molar-refractivity contribution in [3.8, 4) is 6.07 Å². The van der Waals surface area contributed by atoms with E-state index < -0.39 is 0 Å². The van der Waals surface area contributed by atoms with Crippen molar-refractivity contribution < 1.29 is 9.59 Å². The molecular weight excluding hydrogens is 496 g/mol. The molecule has 2 atom stereocenters. The largest absolute Gasteiger partial charge is 0.405 e. The predicted molar refractivity (Wildman–Crippen MR) is 160 cm³/mol. The second-order valence-corrected chi connectivity index (χ2v) is 9.34. The Kier molecular flexibility index (Phi) is 23.9. The number of nitriles is 1. The molecule has 0 fully saturated rings. The normalized spacial score (nSPS) is 12.8. The summed E-state index contributed by atoms with van der Waals surface area (Å²) in [6.45, 7) is 9.28. The number of amides is 2. The van der Waals surface area contributed by atoms with E-state index in [4.69, 9.17) is 19.8 Å². The highest BCUT2D eigenvalue weighted by Gasteiger charge is 2.18. The minimum absolute atomic E-state index is 0.250. The highest BCUT2D eigenvalue weighted by molar-refractivity contribution is 7.11. The monoisotopic (exact) mass is 540 g/mol. The molecule has 2 amide bonds. The van der Waals surface area contributed by atoms with Crippen molar-refractivity contribution in [1.82, 2.24) is 10.3 Å². The number of primary amides is 2. The summed E-state index contributed by atoms with van der Waals surface area (Å²) in [6.07, 6.45) is 12.4. The van der Waals surface area contributed by atoms with Gasteiger partial charge in [-0.05, 0) is 82.3 Å². The van der Waals surface area contributed by atoms with Gasteiger partial charge in [0, 0.05) is 10.5 Å². The Balaban J connectivity index is 0. The highest BCUT2D eigenvalue weighted by Crippen LogP contribution is 2.31. The van der Waals surface area contributed by atoms with Gasteiger partial charge in [0.1, 0.15) is 0 Å². The Morgan fingerprint density at radius 3 is 2.29 bits per heavy atom. The van der Waals surface area contributed by atoms with Crippen LogP contribution in [0.3, 0.4) is 0 Å². The molecule has 208 valence electrons. The zero-order valence-electron chi connectivity index (χ0n) is 22.9. The number of thiazole rings is 1. The van der Waals surface area contributed by atoms with E-state index in [1.165, 1.54) is 33.8 Å². The van der Waals surface area contributed by atoms with E-state index in [-0.39, 0.29) is 12.8 Å². The maximum Gasteiger partial charge on any atom is 0.204 e. The molecule has 38 heavy (non-hydrogen) atoms. The molecule has 7 N–H and O–H groups in total. The lowest BCUT2D eigenvalue weighted by molar-refractivity contribution is -0.107. The molecule has 0 spiro atoms. The first kappa shape index (κ1) is 36.4. The third kappa shape index (κ3) is 17.7. The van der Waals surface area contributed by atoms with Crippen LogP contribution in [0.25, 0.3) is 6.08 Å². The molecule has 1 aromatic carbocycles. The zero-order valence-corrected chi connectivity index (χ0v) is 23.8. The average Bonchev–Trinajstić information content (AvgIpc) is 3.32. The number of nitrogens with zero attached hydrogens (tertiary/aromatic N) is 2. The molecule has 1 aromatic heterocycles. The van der Waals surface area contributed by atoms with Crippen molar-refractivity contribution in [3.05, 3.63) is 82.5 Å². The van der Waals surface area contributed by atoms with E-state index in [2.05, 4.69) is 85.1 Å². The van der Waals surface area contributed by atoms with Crippen molar-refractivity contribution in [2.45, 2.75) is 45.4 Å². The van der Waals surface area contributed by atoms with Crippen LogP contribution in [0.2, 0.25) is 0 Å². The van der Waals surface area contributed by atoms with E-state index in [0.29, 0.717) is 17.4 Å². The standard InChI is InChI=1S/C23H26N2S.C2H7N.C2H5N.2CH3NO/c1-3-18-9-11-21-22(15-18)26-23(25-21)12-10-20(13-17(2)16-24)14-19-7-5-4-6-8-19;1-3-2;1-2-3;2*2-1-3/h4-9,11,18,20H,2-3,10,12-15H2,1H3;3H,1-2H3;2H,1,3H2;2*1H,(H2,2,3). The van der Waals surface area contributed by atoms with Crippen molar-refractivity contribution >= 4 is 30.2 Å². The van der Waals surface area contributed by atoms with E-state index in [1.54, 1.807) is 0 Å². The Hall–Kier alpha value is -3.74. The van der Waals surface area contributed by atoms with Crippen LogP contribution < -0.4 is 22.5 Å². The smallest absolute Gasteiger partial charge is 0.204 e. The van der Waals surface area contributed by atoms with Crippen molar-refractivity contribution in [2.75, 3.05) is 14.1 Å². The second kappa shape index (κ2) is 24.9. The number of aromatic nitrogens is 1. The molecule has 8 nitrogen and oxygen atoms in total. The molecule has 0 aliphatic heterocycles. The van der Waals surface area contributed by atoms with E-state index >= 15 is 0 Å². The van der Waals surface area contributed by atoms with Gasteiger partial charge in [0.15, 0.2) is 0 Å². The fourth-order valence-electron chi connectivity index (χ4n) is 3.56. The number of rotatable bonds is 8. The Morgan fingerprint density at radius 2 is 1.79 bits per heavy atom. The molecule has 9 heteroatoms. The number of hydrogen-bond acceptors (Lipinski definition) is 7. The number of nitrogens with one attached hydrogen (secondary N) is 1. The first-order chi connectivity index (χ1) is 18.3. The van der Waals surface area contributed by atoms with Crippen LogP contribution in [0.4, 0.5) is 0 Å². The van der Waals surface area contributed by atoms with Crippen LogP contribution in [-0.2, 0) is 28.9 Å². The number of benzene rings is 1. The van der Waals surface area contributed by atoms with Crippen LogP contribution in [0.5, 0.6) is 0 Å². The summed E-state index contributed by atoms with van der Waals surface area (Å²) >= 11 is 1.88. The Labute approximate surface area is 232 Å². The number of hydrogen-bond donors (Lipinski definition) is 4. The summed E-state index contributed by atoms with van der Waals surface area (Å²) in [4.78, 5) is 23.4. The van der Waals surface area contributed by atoms with Gasteiger partial charge in [-0.3, -0.25) is 9.59 Å². The highest BCUT2D eigenvalue weighted by atomic mass is 32.1. The van der Waals surface area contributed by atoms with Gasteiger partial charge in [-0.25, -0.2) is 4.98 Å². The fourth-order valence-corrected chi connectivity index (χ4v) is 4.72. The summed E-state index contributed by atoms with van der Waals surface area (Å²) < 4.78 is 0. The third-order valence-electron chi connectivity index (χ3n) is 5.10. The van der Waals surface area contributed by atoms with Gasteiger partial charge < -0.3 is 22.5 Å². The maximum atomic E-state index is 9.13. The van der Waals surface area contributed by atoms with Crippen LogP contribution in [-0.4, -0.2) is 31.9 Å². The van der Waals surface area contributed by atoms with Gasteiger partial charge in [0.2, 0.25) is 12.8 Å². The number of carbonyl (C=O) groups is 2. The van der Waals surface area contributed by atoms with Crippen molar-refractivity contribution in [3.63, 3.8) is 0 Å². The molecule has 2 unspecified atom stereocenters. The van der Waals surface area contributed by atoms with Gasteiger partial charge >= 0.3 is 0 Å². The summed E-state index contributed by atoms with van der Waals surface area (Å²) in [5, 5.41) is 13.1. The molecule has 1 aliphatic carbocycles. The van der Waals surface area contributed by atoms with Crippen LogP contribution in [0.1, 0.15) is 47.3 Å². The van der Waals surface area contributed by atoms with E-state index in [1.807, 2.05) is 31.5 Å². The second-order valence-electron chi connectivity index (χ2n) is 8.17. The quantitative estimate of drug-likeness (QED) is 0.291. The number of fused-ring (bicyclic) bond motifs is 1. The molecule has 0 radical (unpaired) electrons. The molecule has 0 bridgehead atoms. The number of aryl methyl sites for hydroxylation is 1. The summed E-state index contributed by atoms with van der Waals surface area (Å²) in [6, 6.07) is 12.8. The van der Waals surface area contributed by atoms with Crippen LogP contribution in [0.15, 0.2) is 61.3 Å². The van der Waals surface area contributed by atoms with Gasteiger partial charge in [0.05, 0.1) is 16.8 Å². The summed E-state index contributed by atoms with van der Waals surface area (Å²) in [5.74, 6) is 1.10. The average molecular weight is 541 g/mol. The molecular formula is C29H44N6O2S. The Bertz CT molecular complexity index is 968. The minimum atomic E-state index is 0.250. The van der Waals surface area contributed by atoms with Gasteiger partial charge in [-0.15, -0.1) is 11.3 Å². The maximum absolute atomic E-state index is 9.13. The Morgan fingerprint density at radius 1 is 1.24 bits per heavy atom. The van der Waals surface area contributed by atoms with Crippen LogP contribution >= 0.6 is 11.3 Å². The summed E-state index contributed by atoms with van der Waals surface area (Å²) in [5.41, 5.74) is 16.1. The first-order valence-corrected chi connectivity index (χ1v) is 13.2. The lowest BCUT2D eigenvalue weighted by atomic mass is 9.89. The third-order valence-corrected chi connectivity index (χ3v) is 6.25. The number of allylic oxidation sites excluding steroid dienone is 2. The molecule has 1 aliphatic rings. The van der Waals surface area contributed by atoms with E-state index in [0.717, 1.165) is 32.1 Å². The topological polar surface area (TPSA) is 161 Å². The zero-order chi connectivity index (χ0) is 29.2. The molecule has 0 saturated carbocycles. The van der Waals surface area contributed by atoms with Crippen LogP contribution in [0, 0.1) is 23.2 Å². The SMILES string of the molecule is C=C(C#N)CC(CCc1nc2c(s1)CC(CC)C=C2)Cc1ccccc1.C=CN.CNC.NC=O.NC=O. The lowest BCUT2D eigenvalue weighted by Gasteiger charge is -2.15. The molecule has 0 saturated heterocycles. The molecule has 3 rings (SSSR count). The van der Waals surface area contributed by atoms with Gasteiger partial charge in [0.25, 0.3) is 0 Å². The fraction of sp³-hybridized carbons (Fsp3) is 0.379. The molecule has 1 heterocycles. The first-order valence-electron chi connectivity index (χ1n) is 12.3. The summed E-state index contributed by atoms with van der Waals surface area (Å²) in [7, 11) is 3.75. The lowest BCUT2D eigenvalue weighted by Crippen LogP contribution is -2.07. The van der Waals surface area contributed by atoms with Crippen molar-refractivity contribution in [1.29, 1.82) is 5.26 Å². The minimum Gasteiger partial charge on any atom is -0.405 e. The van der Waals surface area contributed by atoms with Gasteiger partial charge in [-0.1, -0.05) is 56.5 Å². The van der Waals surface area contributed by atoms with Gasteiger partial charge in [-0.2, -0.15) is 5.26 Å².